The largest absolute Gasteiger partial charge is 0.353 e. The van der Waals surface area contributed by atoms with Crippen LogP contribution < -0.4 is 10.6 Å². The highest BCUT2D eigenvalue weighted by Crippen LogP contribution is 2.08. The van der Waals surface area contributed by atoms with Gasteiger partial charge in [-0.3, -0.25) is 4.79 Å². The summed E-state index contributed by atoms with van der Waals surface area (Å²) in [7, 11) is 0. The molecule has 2 N–H and O–H groups in total. The Bertz CT molecular complexity index is 393. The summed E-state index contributed by atoms with van der Waals surface area (Å²) in [5, 5.41) is 6.15. The minimum absolute atomic E-state index is 0.0503. The molecular formula is C15H24N2O. The van der Waals surface area contributed by atoms with Gasteiger partial charge in [-0.15, -0.1) is 0 Å². The Balaban J connectivity index is 2.51. The quantitative estimate of drug-likeness (QED) is 0.839. The van der Waals surface area contributed by atoms with Crippen molar-refractivity contribution in [1.82, 2.24) is 10.6 Å². The molecule has 0 aliphatic heterocycles. The molecule has 0 saturated heterocycles. The van der Waals surface area contributed by atoms with Gasteiger partial charge in [-0.25, -0.2) is 0 Å². The lowest BCUT2D eigenvalue weighted by Gasteiger charge is -2.16. The van der Waals surface area contributed by atoms with Crippen LogP contribution in [-0.2, 0) is 11.3 Å². The highest BCUT2D eigenvalue weighted by Gasteiger charge is 2.12. The molecule has 1 aromatic rings. The maximum Gasteiger partial charge on any atom is 0.237 e. The van der Waals surface area contributed by atoms with Crippen molar-refractivity contribution >= 4 is 5.91 Å². The molecule has 3 nitrogen and oxygen atoms in total. The van der Waals surface area contributed by atoms with Crippen molar-refractivity contribution < 1.29 is 4.79 Å². The van der Waals surface area contributed by atoms with Crippen molar-refractivity contribution in [1.29, 1.82) is 0 Å². The molecule has 1 unspecified atom stereocenters. The predicted octanol–water partition coefficient (Wildman–Crippen LogP) is 2.31. The van der Waals surface area contributed by atoms with Crippen LogP contribution in [0.1, 0.15) is 37.5 Å². The summed E-state index contributed by atoms with van der Waals surface area (Å²) >= 11 is 0. The van der Waals surface area contributed by atoms with E-state index in [1.54, 1.807) is 0 Å². The monoisotopic (exact) mass is 248 g/mol. The van der Waals surface area contributed by atoms with E-state index in [2.05, 4.69) is 42.7 Å². The van der Waals surface area contributed by atoms with Crippen LogP contribution in [-0.4, -0.2) is 18.0 Å². The number of nitrogens with one attached hydrogen (secondary N) is 2. The zero-order valence-electron chi connectivity index (χ0n) is 12.0. The van der Waals surface area contributed by atoms with Gasteiger partial charge >= 0.3 is 0 Å². The van der Waals surface area contributed by atoms with Gasteiger partial charge in [0.1, 0.15) is 0 Å². The molecule has 1 aromatic carbocycles. The first-order chi connectivity index (χ1) is 8.38. The van der Waals surface area contributed by atoms with Crippen molar-refractivity contribution in [3.05, 3.63) is 34.9 Å². The Kier molecular flexibility index (Phi) is 5.35. The summed E-state index contributed by atoms with van der Waals surface area (Å²) in [5.74, 6) is 0.0503. The van der Waals surface area contributed by atoms with Gasteiger partial charge in [0.25, 0.3) is 0 Å². The maximum absolute atomic E-state index is 11.7. The summed E-state index contributed by atoms with van der Waals surface area (Å²) < 4.78 is 0. The highest BCUT2D eigenvalue weighted by molar-refractivity contribution is 5.81. The molecule has 0 bridgehead atoms. The lowest BCUT2D eigenvalue weighted by Crippen LogP contribution is -2.44. The number of carbonyl (C=O) groups is 1. The van der Waals surface area contributed by atoms with E-state index in [4.69, 9.17) is 0 Å². The highest BCUT2D eigenvalue weighted by atomic mass is 16.2. The van der Waals surface area contributed by atoms with Crippen molar-refractivity contribution in [3.8, 4) is 0 Å². The summed E-state index contributed by atoms with van der Waals surface area (Å²) in [6.07, 6.45) is 0. The van der Waals surface area contributed by atoms with E-state index in [1.807, 2.05) is 20.8 Å². The van der Waals surface area contributed by atoms with Crippen LogP contribution in [0.15, 0.2) is 18.2 Å². The second-order valence-corrected chi connectivity index (χ2v) is 5.26. The third kappa shape index (κ3) is 4.88. The molecule has 1 amide bonds. The van der Waals surface area contributed by atoms with E-state index in [-0.39, 0.29) is 18.0 Å². The van der Waals surface area contributed by atoms with Crippen molar-refractivity contribution in [2.45, 2.75) is 53.2 Å². The van der Waals surface area contributed by atoms with Gasteiger partial charge in [-0.1, -0.05) is 29.3 Å². The smallest absolute Gasteiger partial charge is 0.237 e. The van der Waals surface area contributed by atoms with Crippen LogP contribution in [0.3, 0.4) is 0 Å². The van der Waals surface area contributed by atoms with E-state index < -0.39 is 0 Å². The van der Waals surface area contributed by atoms with Crippen molar-refractivity contribution in [2.75, 3.05) is 0 Å². The summed E-state index contributed by atoms with van der Waals surface area (Å²) in [6.45, 7) is 10.7. The molecule has 1 atom stereocenters. The van der Waals surface area contributed by atoms with Gasteiger partial charge in [0.15, 0.2) is 0 Å². The number of hydrogen-bond acceptors (Lipinski definition) is 2. The molecule has 3 heteroatoms. The number of aryl methyl sites for hydroxylation is 2. The summed E-state index contributed by atoms with van der Waals surface area (Å²) in [6, 6.07) is 6.45. The van der Waals surface area contributed by atoms with Crippen LogP contribution in [0.25, 0.3) is 0 Å². The van der Waals surface area contributed by atoms with Gasteiger partial charge in [-0.2, -0.15) is 0 Å². The first-order valence-corrected chi connectivity index (χ1v) is 6.49. The molecule has 18 heavy (non-hydrogen) atoms. The number of rotatable bonds is 5. The van der Waals surface area contributed by atoms with E-state index in [0.29, 0.717) is 0 Å². The minimum atomic E-state index is -0.173. The third-order valence-electron chi connectivity index (χ3n) is 2.72. The van der Waals surface area contributed by atoms with Gasteiger partial charge < -0.3 is 10.6 Å². The molecule has 0 aliphatic carbocycles. The molecule has 0 spiro atoms. The zero-order chi connectivity index (χ0) is 13.7. The fourth-order valence-corrected chi connectivity index (χ4v) is 1.94. The molecule has 0 fully saturated rings. The van der Waals surface area contributed by atoms with E-state index >= 15 is 0 Å². The molecule has 0 heterocycles. The number of amides is 1. The van der Waals surface area contributed by atoms with Crippen molar-refractivity contribution in [2.24, 2.45) is 0 Å². The Morgan fingerprint density at radius 3 is 2.17 bits per heavy atom. The minimum Gasteiger partial charge on any atom is -0.353 e. The Morgan fingerprint density at radius 2 is 1.67 bits per heavy atom. The van der Waals surface area contributed by atoms with Gasteiger partial charge in [0, 0.05) is 12.6 Å². The molecular weight excluding hydrogens is 224 g/mol. The van der Waals surface area contributed by atoms with Crippen LogP contribution in [0.2, 0.25) is 0 Å². The molecule has 0 aliphatic rings. The van der Waals surface area contributed by atoms with Crippen LogP contribution in [0, 0.1) is 13.8 Å². The molecule has 1 rings (SSSR count). The normalized spacial score (nSPS) is 12.6. The second-order valence-electron chi connectivity index (χ2n) is 5.26. The van der Waals surface area contributed by atoms with Gasteiger partial charge in [0.2, 0.25) is 5.91 Å². The fourth-order valence-electron chi connectivity index (χ4n) is 1.94. The lowest BCUT2D eigenvalue weighted by atomic mass is 10.1. The molecule has 0 radical (unpaired) electrons. The average molecular weight is 248 g/mol. The lowest BCUT2D eigenvalue weighted by molar-refractivity contribution is -0.123. The molecule has 100 valence electrons. The van der Waals surface area contributed by atoms with E-state index in [9.17, 15) is 4.79 Å². The number of hydrogen-bond donors (Lipinski definition) is 2. The summed E-state index contributed by atoms with van der Waals surface area (Å²) in [4.78, 5) is 11.7. The number of benzene rings is 1. The zero-order valence-corrected chi connectivity index (χ0v) is 12.0. The first-order valence-electron chi connectivity index (χ1n) is 6.49. The van der Waals surface area contributed by atoms with Crippen LogP contribution in [0.4, 0.5) is 0 Å². The van der Waals surface area contributed by atoms with Crippen LogP contribution >= 0.6 is 0 Å². The van der Waals surface area contributed by atoms with Gasteiger partial charge in [0.05, 0.1) is 6.04 Å². The van der Waals surface area contributed by atoms with Crippen molar-refractivity contribution in [3.63, 3.8) is 0 Å². The number of carbonyl (C=O) groups excluding carboxylic acids is 1. The fraction of sp³-hybridized carbons (Fsp3) is 0.533. The Morgan fingerprint density at radius 1 is 1.11 bits per heavy atom. The standard InChI is InChI=1S/C15H24N2O/c1-10(2)17-15(18)13(5)16-9-14-7-11(3)6-12(4)8-14/h6-8,10,13,16H,9H2,1-5H3,(H,17,18). The van der Waals surface area contributed by atoms with E-state index in [1.165, 1.54) is 16.7 Å². The second kappa shape index (κ2) is 6.55. The SMILES string of the molecule is Cc1cc(C)cc(CNC(C)C(=O)NC(C)C)c1. The predicted molar refractivity (Wildman–Crippen MR) is 75.5 cm³/mol. The van der Waals surface area contributed by atoms with E-state index in [0.717, 1.165) is 6.54 Å². The van der Waals surface area contributed by atoms with Crippen LogP contribution in [0.5, 0.6) is 0 Å². The Labute approximate surface area is 110 Å². The Hall–Kier alpha value is -1.35. The third-order valence-corrected chi connectivity index (χ3v) is 2.72. The summed E-state index contributed by atoms with van der Waals surface area (Å²) in [5.41, 5.74) is 3.73. The maximum atomic E-state index is 11.7. The average Bonchev–Trinajstić information content (AvgIpc) is 2.23. The molecule has 0 saturated carbocycles. The molecule has 0 aromatic heterocycles. The first kappa shape index (κ1) is 14.7. The van der Waals surface area contributed by atoms with Gasteiger partial charge in [-0.05, 0) is 40.2 Å². The topological polar surface area (TPSA) is 41.1 Å².